The van der Waals surface area contributed by atoms with Gasteiger partial charge in [-0.25, -0.2) is 0 Å². The van der Waals surface area contributed by atoms with E-state index in [9.17, 15) is 29.1 Å². The fourth-order valence-corrected chi connectivity index (χ4v) is 8.47. The SMILES string of the molecule is CCCCc1ccc(-c2ccc(C(=O)C[C@@H](CCCCN)C(=O)N(C)[C@@H]3C(=O)C[C@@H](C)C(=O)N[C@H](C(=O)CCc4nn[nH]n4)Cc4ccc(O)c(c4)-c4cc3ccc4OCCN)cc2)cc1. The number of hydrogen-bond acceptors (Lipinski definition) is 12. The number of H-pyrrole nitrogens is 1. The molecule has 0 aliphatic carbocycles. The van der Waals surface area contributed by atoms with E-state index >= 15 is 0 Å². The molecule has 0 saturated heterocycles. The molecule has 15 heteroatoms. The lowest BCUT2D eigenvalue weighted by atomic mass is 9.87. The van der Waals surface area contributed by atoms with Gasteiger partial charge in [0.2, 0.25) is 11.8 Å². The second-order valence-corrected chi connectivity index (χ2v) is 17.2. The predicted molar refractivity (Wildman–Crippen MR) is 251 cm³/mol. The quantitative estimate of drug-likeness (QED) is 0.0429. The molecule has 6 rings (SSSR count). The molecule has 4 aromatic carbocycles. The number of carbonyl (C=O) groups excluding carboxylic acids is 5. The lowest BCUT2D eigenvalue weighted by molar-refractivity contribution is -0.142. The number of carbonyl (C=O) groups is 5. The Morgan fingerprint density at radius 2 is 1.62 bits per heavy atom. The Morgan fingerprint density at radius 1 is 0.879 bits per heavy atom. The third-order valence-corrected chi connectivity index (χ3v) is 12.3. The van der Waals surface area contributed by atoms with Crippen LogP contribution in [0, 0.1) is 11.8 Å². The molecule has 1 aromatic heterocycles. The third-order valence-electron chi connectivity index (χ3n) is 12.3. The van der Waals surface area contributed by atoms with Crippen molar-refractivity contribution in [2.24, 2.45) is 23.3 Å². The Kier molecular flexibility index (Phi) is 17.4. The molecule has 0 fully saturated rings. The molecular weight excluding hydrogens is 837 g/mol. The van der Waals surface area contributed by atoms with Crippen molar-refractivity contribution in [1.29, 1.82) is 0 Å². The summed E-state index contributed by atoms with van der Waals surface area (Å²) in [7, 11) is 1.54. The van der Waals surface area contributed by atoms with Crippen LogP contribution in [0.15, 0.2) is 84.9 Å². The van der Waals surface area contributed by atoms with Gasteiger partial charge in [0.05, 0.1) is 6.04 Å². The number of tetrazole rings is 1. The van der Waals surface area contributed by atoms with E-state index in [1.54, 1.807) is 49.4 Å². The number of unbranched alkanes of at least 4 members (excludes halogenated alkanes) is 2. The number of ether oxygens (including phenoxy) is 1. The van der Waals surface area contributed by atoms with Crippen molar-refractivity contribution in [3.63, 3.8) is 0 Å². The highest BCUT2D eigenvalue weighted by Gasteiger charge is 2.36. The van der Waals surface area contributed by atoms with E-state index in [-0.39, 0.29) is 62.6 Å². The Labute approximate surface area is 386 Å². The minimum atomic E-state index is -1.21. The Hall–Kier alpha value is -6.58. The van der Waals surface area contributed by atoms with Gasteiger partial charge in [0.25, 0.3) is 0 Å². The largest absolute Gasteiger partial charge is 0.507 e. The molecule has 2 amide bonds. The van der Waals surface area contributed by atoms with Crippen molar-refractivity contribution in [1.82, 2.24) is 30.8 Å². The second kappa shape index (κ2) is 23.6. The highest BCUT2D eigenvalue weighted by molar-refractivity contribution is 6.00. The topological polar surface area (TPSA) is 237 Å². The first-order valence-corrected chi connectivity index (χ1v) is 23.0. The lowest BCUT2D eigenvalue weighted by Crippen LogP contribution is -2.46. The molecule has 66 heavy (non-hydrogen) atoms. The van der Waals surface area contributed by atoms with E-state index in [0.29, 0.717) is 65.2 Å². The summed E-state index contributed by atoms with van der Waals surface area (Å²) in [6.45, 7) is 4.55. The van der Waals surface area contributed by atoms with Crippen LogP contribution in [0.3, 0.4) is 0 Å². The number of rotatable bonds is 20. The number of benzene rings is 4. The van der Waals surface area contributed by atoms with E-state index < -0.39 is 41.5 Å². The van der Waals surface area contributed by atoms with Crippen LogP contribution in [-0.4, -0.2) is 92.6 Å². The monoisotopic (exact) mass is 898 g/mol. The first-order valence-electron chi connectivity index (χ1n) is 23.0. The number of hydrogen-bond donors (Lipinski definition) is 5. The number of aromatic hydroxyl groups is 1. The molecule has 5 aromatic rings. The summed E-state index contributed by atoms with van der Waals surface area (Å²) in [6, 6.07) is 23.6. The maximum atomic E-state index is 14.8. The molecule has 15 nitrogen and oxygen atoms in total. The molecular formula is C51H62N8O7. The number of ketones is 3. The van der Waals surface area contributed by atoms with Crippen LogP contribution >= 0.6 is 0 Å². The van der Waals surface area contributed by atoms with E-state index in [1.807, 2.05) is 12.1 Å². The van der Waals surface area contributed by atoms with Crippen molar-refractivity contribution in [3.05, 3.63) is 113 Å². The number of Topliss-reactive ketones (excluding diaryl/α,β-unsaturated/α-hetero) is 3. The molecule has 7 N–H and O–H groups in total. The molecule has 0 radical (unpaired) electrons. The van der Waals surface area contributed by atoms with Crippen molar-refractivity contribution >= 4 is 29.2 Å². The van der Waals surface area contributed by atoms with E-state index in [2.05, 4.69) is 57.1 Å². The number of aryl methyl sites for hydroxylation is 2. The number of phenols is 1. The fourth-order valence-electron chi connectivity index (χ4n) is 8.47. The minimum absolute atomic E-state index is 0.00469. The minimum Gasteiger partial charge on any atom is -0.507 e. The van der Waals surface area contributed by atoms with Gasteiger partial charge in [0.1, 0.15) is 24.1 Å². The van der Waals surface area contributed by atoms with Gasteiger partial charge in [-0.15, -0.1) is 10.2 Å². The van der Waals surface area contributed by atoms with Crippen LogP contribution in [-0.2, 0) is 38.4 Å². The Balaban J connectivity index is 1.32. The first kappa shape index (κ1) is 48.9. The zero-order chi connectivity index (χ0) is 47.2. The number of fused-ring (bicyclic) bond motifs is 5. The van der Waals surface area contributed by atoms with Gasteiger partial charge in [-0.05, 0) is 90.7 Å². The van der Waals surface area contributed by atoms with Crippen molar-refractivity contribution in [3.8, 4) is 33.8 Å². The maximum Gasteiger partial charge on any atom is 0.226 e. The number of aromatic nitrogens is 4. The van der Waals surface area contributed by atoms with Crippen molar-refractivity contribution < 1.29 is 33.8 Å². The average molecular weight is 899 g/mol. The smallest absolute Gasteiger partial charge is 0.226 e. The molecule has 0 spiro atoms. The van der Waals surface area contributed by atoms with Gasteiger partial charge in [-0.2, -0.15) is 5.21 Å². The van der Waals surface area contributed by atoms with E-state index in [4.69, 9.17) is 16.2 Å². The van der Waals surface area contributed by atoms with Crippen molar-refractivity contribution in [2.75, 3.05) is 26.7 Å². The van der Waals surface area contributed by atoms with Gasteiger partial charge in [-0.3, -0.25) is 24.0 Å². The molecule has 1 aliphatic rings. The number of phenolic OH excluding ortho intramolecular Hbond substituents is 1. The van der Waals surface area contributed by atoms with Crippen molar-refractivity contribution in [2.45, 2.75) is 96.6 Å². The second-order valence-electron chi connectivity index (χ2n) is 17.2. The van der Waals surface area contributed by atoms with Gasteiger partial charge < -0.3 is 31.5 Å². The lowest BCUT2D eigenvalue weighted by Gasteiger charge is -2.32. The zero-order valence-electron chi connectivity index (χ0n) is 38.1. The molecule has 4 bridgehead atoms. The number of nitrogens with two attached hydrogens (primary N) is 2. The Morgan fingerprint density at radius 3 is 2.30 bits per heavy atom. The summed E-state index contributed by atoms with van der Waals surface area (Å²) in [4.78, 5) is 72.6. The average Bonchev–Trinajstić information content (AvgIpc) is 3.86. The van der Waals surface area contributed by atoms with Crippen LogP contribution in [0.1, 0.15) is 104 Å². The van der Waals surface area contributed by atoms with Crippen LogP contribution in [0.2, 0.25) is 0 Å². The van der Waals surface area contributed by atoms with Crippen LogP contribution in [0.4, 0.5) is 0 Å². The molecule has 2 heterocycles. The molecule has 4 atom stereocenters. The zero-order valence-corrected chi connectivity index (χ0v) is 38.1. The van der Waals surface area contributed by atoms with Gasteiger partial charge in [0.15, 0.2) is 23.2 Å². The third kappa shape index (κ3) is 12.6. The number of likely N-dealkylation sites (N-methyl/N-ethyl adjacent to an activating group) is 1. The van der Waals surface area contributed by atoms with Crippen LogP contribution < -0.4 is 21.5 Å². The summed E-state index contributed by atoms with van der Waals surface area (Å²) < 4.78 is 6.06. The normalized spacial score (nSPS) is 16.8. The predicted octanol–water partition coefficient (Wildman–Crippen LogP) is 6.28. The van der Waals surface area contributed by atoms with E-state index in [0.717, 1.165) is 30.4 Å². The van der Waals surface area contributed by atoms with Gasteiger partial charge >= 0.3 is 0 Å². The summed E-state index contributed by atoms with van der Waals surface area (Å²) in [5.74, 6) is -2.95. The number of nitrogens with zero attached hydrogens (tertiary/aromatic N) is 4. The summed E-state index contributed by atoms with van der Waals surface area (Å²) in [5.41, 5.74) is 17.3. The maximum absolute atomic E-state index is 14.8. The highest BCUT2D eigenvalue weighted by Crippen LogP contribution is 2.40. The van der Waals surface area contributed by atoms with Gasteiger partial charge in [-0.1, -0.05) is 92.6 Å². The number of amides is 2. The Bertz CT molecular complexity index is 2440. The molecule has 0 unspecified atom stereocenters. The fraction of sp³-hybridized carbons (Fsp3) is 0.412. The van der Waals surface area contributed by atoms with Gasteiger partial charge in [0, 0.05) is 67.8 Å². The molecule has 0 saturated carbocycles. The number of aromatic amines is 1. The highest BCUT2D eigenvalue weighted by atomic mass is 16.5. The molecule has 1 aliphatic heterocycles. The number of nitrogens with one attached hydrogen (secondary N) is 2. The summed E-state index contributed by atoms with van der Waals surface area (Å²) >= 11 is 0. The summed E-state index contributed by atoms with van der Waals surface area (Å²) in [5, 5.41) is 28.0. The summed E-state index contributed by atoms with van der Waals surface area (Å²) in [6.07, 6.45) is 4.77. The molecule has 348 valence electrons. The standard InChI is InChI=1S/C51H62N8O7/c1-4-5-8-33-10-13-35(14-11-33)36-15-17-37(18-16-36)45(62)31-39(9-6-7-24-52)51(65)59(3)49-38-19-22-47(66-26-25-53)41(30-38)40-28-34(12-20-43(40)60)29-42(54-50(64)32(2)27-46(49)63)44(61)21-23-48-55-57-58-56-48/h10-20,22,28,30,32,39,42,49,60H,4-9,21,23-27,29,31,52-53H2,1-3H3,(H,54,64)(H,55,56,57,58)/t32-,39-,42+,49+/m1/s1. The van der Waals surface area contributed by atoms with Crippen LogP contribution in [0.25, 0.3) is 22.3 Å². The van der Waals surface area contributed by atoms with Crippen LogP contribution in [0.5, 0.6) is 11.5 Å². The van der Waals surface area contributed by atoms with E-state index in [1.165, 1.54) is 23.6 Å². The first-order chi connectivity index (χ1) is 31.9.